The molecule has 2 rings (SSSR count). The minimum absolute atomic E-state index is 0.213. The number of hydrogen-bond donors (Lipinski definition) is 3. The molecule has 1 saturated carbocycles. The topological polar surface area (TPSA) is 52.5 Å². The molecule has 0 spiro atoms. The molecule has 0 aromatic rings. The summed E-state index contributed by atoms with van der Waals surface area (Å²) in [7, 11) is 0. The molecule has 2 aliphatic carbocycles. The number of hydrogen-bond acceptors (Lipinski definition) is 3. The van der Waals surface area contributed by atoms with Crippen LogP contribution in [0.15, 0.2) is 23.8 Å². The number of unbranched alkanes of at least 4 members (excludes halogenated alkanes) is 3. The quantitative estimate of drug-likeness (QED) is 0.260. The summed E-state index contributed by atoms with van der Waals surface area (Å²) in [6.45, 7) is 9.98. The molecule has 0 aromatic carbocycles. The number of aliphatic hydroxyl groups excluding tert-OH is 2. The highest BCUT2D eigenvalue weighted by Crippen LogP contribution is 2.48. The zero-order valence-corrected chi connectivity index (χ0v) is 19.4. The van der Waals surface area contributed by atoms with E-state index < -0.39 is 0 Å². The SMILES string of the molecule is CCCC[C@H](C)C[C@H](O)C=C[C@@H]1[C@H]2CC(CCCCCNC(C)C)=C[C@H]2C[C@H]1O. The van der Waals surface area contributed by atoms with Crippen molar-refractivity contribution >= 4 is 0 Å². The molecule has 3 N–H and O–H groups in total. The van der Waals surface area contributed by atoms with Crippen LogP contribution in [0, 0.1) is 23.7 Å². The minimum atomic E-state index is -0.374. The standard InChI is InChI=1S/C26H47NO2/c1-5-6-10-20(4)15-23(28)12-13-24-25-17-21(16-22(25)18-26(24)29)11-8-7-9-14-27-19(2)3/h12-13,16,19-20,22-29H,5-11,14-15,17-18H2,1-4H3/t20-,22-,23+,24+,25-,26+/m0/s1. The maximum atomic E-state index is 10.5. The van der Waals surface area contributed by atoms with Gasteiger partial charge in [-0.25, -0.2) is 0 Å². The van der Waals surface area contributed by atoms with Crippen molar-refractivity contribution in [2.24, 2.45) is 23.7 Å². The number of fused-ring (bicyclic) bond motifs is 1. The van der Waals surface area contributed by atoms with E-state index in [0.717, 1.165) is 25.8 Å². The molecule has 0 bridgehead atoms. The molecule has 0 saturated heterocycles. The molecule has 0 amide bonds. The first-order valence-corrected chi connectivity index (χ1v) is 12.4. The van der Waals surface area contributed by atoms with Crippen LogP contribution in [0.1, 0.15) is 91.9 Å². The van der Waals surface area contributed by atoms with Gasteiger partial charge in [-0.2, -0.15) is 0 Å². The summed E-state index contributed by atoms with van der Waals surface area (Å²) >= 11 is 0. The second-order valence-electron chi connectivity index (χ2n) is 10.1. The van der Waals surface area contributed by atoms with Crippen molar-refractivity contribution in [2.75, 3.05) is 6.54 Å². The molecular weight excluding hydrogens is 358 g/mol. The zero-order chi connectivity index (χ0) is 21.2. The summed E-state index contributed by atoms with van der Waals surface area (Å²) < 4.78 is 0. The second kappa shape index (κ2) is 12.9. The molecule has 0 heterocycles. The van der Waals surface area contributed by atoms with Gasteiger partial charge in [0.25, 0.3) is 0 Å². The first-order chi connectivity index (χ1) is 13.9. The molecule has 2 aliphatic rings. The van der Waals surface area contributed by atoms with Crippen molar-refractivity contribution in [3.05, 3.63) is 23.8 Å². The normalized spacial score (nSPS) is 28.9. The smallest absolute Gasteiger partial charge is 0.0723 e. The Morgan fingerprint density at radius 2 is 1.97 bits per heavy atom. The van der Waals surface area contributed by atoms with Crippen molar-refractivity contribution in [3.8, 4) is 0 Å². The minimum Gasteiger partial charge on any atom is -0.392 e. The Kier molecular flexibility index (Phi) is 11.0. The maximum Gasteiger partial charge on any atom is 0.0723 e. The van der Waals surface area contributed by atoms with Crippen LogP contribution in [-0.4, -0.2) is 35.0 Å². The Morgan fingerprint density at radius 3 is 2.69 bits per heavy atom. The Bertz CT molecular complexity index is 513. The van der Waals surface area contributed by atoms with E-state index in [9.17, 15) is 10.2 Å². The Labute approximate surface area is 180 Å². The molecule has 168 valence electrons. The van der Waals surface area contributed by atoms with E-state index in [0.29, 0.717) is 23.8 Å². The first kappa shape index (κ1) is 24.6. The summed E-state index contributed by atoms with van der Waals surface area (Å²) in [6, 6.07) is 0.585. The van der Waals surface area contributed by atoms with Gasteiger partial charge in [0.15, 0.2) is 0 Å². The Morgan fingerprint density at radius 1 is 1.17 bits per heavy atom. The van der Waals surface area contributed by atoms with E-state index in [1.807, 2.05) is 6.08 Å². The number of aliphatic hydroxyl groups is 2. The molecule has 6 atom stereocenters. The van der Waals surface area contributed by atoms with E-state index in [1.54, 1.807) is 5.57 Å². The van der Waals surface area contributed by atoms with Crippen molar-refractivity contribution in [1.29, 1.82) is 0 Å². The summed E-state index contributed by atoms with van der Waals surface area (Å²) in [6.07, 6.45) is 17.5. The average molecular weight is 406 g/mol. The molecular formula is C26H47NO2. The molecule has 3 nitrogen and oxygen atoms in total. The highest BCUT2D eigenvalue weighted by molar-refractivity contribution is 5.21. The zero-order valence-electron chi connectivity index (χ0n) is 19.4. The molecule has 0 unspecified atom stereocenters. The van der Waals surface area contributed by atoms with Crippen LogP contribution in [0.4, 0.5) is 0 Å². The Hall–Kier alpha value is -0.640. The summed E-state index contributed by atoms with van der Waals surface area (Å²) in [4.78, 5) is 0. The van der Waals surface area contributed by atoms with Crippen LogP contribution in [-0.2, 0) is 0 Å². The lowest BCUT2D eigenvalue weighted by molar-refractivity contribution is 0.139. The van der Waals surface area contributed by atoms with E-state index in [-0.39, 0.29) is 18.1 Å². The van der Waals surface area contributed by atoms with Gasteiger partial charge < -0.3 is 15.5 Å². The predicted octanol–water partition coefficient (Wildman–Crippen LogP) is 5.62. The van der Waals surface area contributed by atoms with E-state index >= 15 is 0 Å². The van der Waals surface area contributed by atoms with Gasteiger partial charge in [0.2, 0.25) is 0 Å². The van der Waals surface area contributed by atoms with Gasteiger partial charge in [-0.3, -0.25) is 0 Å². The summed E-state index contributed by atoms with van der Waals surface area (Å²) in [5.74, 6) is 1.86. The van der Waals surface area contributed by atoms with Crippen molar-refractivity contribution in [3.63, 3.8) is 0 Å². The fraction of sp³-hybridized carbons (Fsp3) is 0.846. The van der Waals surface area contributed by atoms with E-state index in [4.69, 9.17) is 0 Å². The number of rotatable bonds is 14. The highest BCUT2D eigenvalue weighted by Gasteiger charge is 2.43. The van der Waals surface area contributed by atoms with Gasteiger partial charge in [-0.05, 0) is 62.8 Å². The molecule has 0 radical (unpaired) electrons. The average Bonchev–Trinajstić information content (AvgIpc) is 3.17. The second-order valence-corrected chi connectivity index (χ2v) is 10.1. The molecule has 1 fully saturated rings. The third-order valence-corrected chi connectivity index (χ3v) is 6.93. The van der Waals surface area contributed by atoms with Gasteiger partial charge in [-0.1, -0.05) is 77.2 Å². The van der Waals surface area contributed by atoms with Gasteiger partial charge in [0, 0.05) is 12.0 Å². The predicted molar refractivity (Wildman–Crippen MR) is 124 cm³/mol. The lowest BCUT2D eigenvalue weighted by Crippen LogP contribution is -2.23. The summed E-state index contributed by atoms with van der Waals surface area (Å²) in [5.41, 5.74) is 1.61. The highest BCUT2D eigenvalue weighted by atomic mass is 16.3. The molecule has 3 heteroatoms. The van der Waals surface area contributed by atoms with Gasteiger partial charge in [0.05, 0.1) is 12.2 Å². The Balaban J connectivity index is 1.72. The number of nitrogens with one attached hydrogen (secondary N) is 1. The largest absolute Gasteiger partial charge is 0.392 e. The maximum absolute atomic E-state index is 10.5. The van der Waals surface area contributed by atoms with E-state index in [1.165, 1.54) is 44.9 Å². The van der Waals surface area contributed by atoms with Crippen LogP contribution >= 0.6 is 0 Å². The number of allylic oxidation sites excluding steroid dienone is 2. The monoisotopic (exact) mass is 405 g/mol. The van der Waals surface area contributed by atoms with Crippen LogP contribution in [0.2, 0.25) is 0 Å². The van der Waals surface area contributed by atoms with Gasteiger partial charge in [0.1, 0.15) is 0 Å². The third-order valence-electron chi connectivity index (χ3n) is 6.93. The van der Waals surface area contributed by atoms with Crippen molar-refractivity contribution < 1.29 is 10.2 Å². The van der Waals surface area contributed by atoms with Crippen LogP contribution in [0.25, 0.3) is 0 Å². The van der Waals surface area contributed by atoms with Gasteiger partial charge >= 0.3 is 0 Å². The fourth-order valence-corrected chi connectivity index (χ4v) is 5.25. The van der Waals surface area contributed by atoms with Crippen LogP contribution < -0.4 is 5.32 Å². The van der Waals surface area contributed by atoms with Gasteiger partial charge in [-0.15, -0.1) is 0 Å². The lowest BCUT2D eigenvalue weighted by atomic mass is 9.88. The first-order valence-electron chi connectivity index (χ1n) is 12.4. The van der Waals surface area contributed by atoms with Crippen molar-refractivity contribution in [1.82, 2.24) is 5.32 Å². The van der Waals surface area contributed by atoms with Crippen molar-refractivity contribution in [2.45, 2.75) is 110 Å². The molecule has 0 aromatic heterocycles. The summed E-state index contributed by atoms with van der Waals surface area (Å²) in [5, 5.41) is 24.4. The van der Waals surface area contributed by atoms with Crippen LogP contribution in [0.5, 0.6) is 0 Å². The van der Waals surface area contributed by atoms with Crippen LogP contribution in [0.3, 0.4) is 0 Å². The molecule has 0 aliphatic heterocycles. The molecule has 29 heavy (non-hydrogen) atoms. The van der Waals surface area contributed by atoms with E-state index in [2.05, 4.69) is 45.2 Å². The lowest BCUT2D eigenvalue weighted by Gasteiger charge is -2.19. The third kappa shape index (κ3) is 8.55. The fourth-order valence-electron chi connectivity index (χ4n) is 5.25.